The Morgan fingerprint density at radius 1 is 1.32 bits per heavy atom. The summed E-state index contributed by atoms with van der Waals surface area (Å²) in [6.45, 7) is 4.76. The van der Waals surface area contributed by atoms with Crippen molar-refractivity contribution in [3.05, 3.63) is 53.5 Å². The molecule has 4 nitrogen and oxygen atoms in total. The number of ether oxygens (including phenoxy) is 1. The highest BCUT2D eigenvalue weighted by Gasteiger charge is 2.10. The lowest BCUT2D eigenvalue weighted by Gasteiger charge is -2.04. The van der Waals surface area contributed by atoms with E-state index in [4.69, 9.17) is 9.15 Å². The van der Waals surface area contributed by atoms with Gasteiger partial charge in [0.05, 0.1) is 0 Å². The number of benzene rings is 1. The maximum Gasteiger partial charge on any atom is 0.286 e. The van der Waals surface area contributed by atoms with Crippen LogP contribution < -0.4 is 10.1 Å². The molecular formula is C15H17NO3. The van der Waals surface area contributed by atoms with Gasteiger partial charge in [0.15, 0.2) is 5.76 Å². The van der Waals surface area contributed by atoms with Crippen LogP contribution in [0.25, 0.3) is 0 Å². The van der Waals surface area contributed by atoms with Gasteiger partial charge < -0.3 is 14.5 Å². The molecule has 0 fully saturated rings. The van der Waals surface area contributed by atoms with E-state index in [1.54, 1.807) is 12.1 Å². The van der Waals surface area contributed by atoms with Crippen LogP contribution in [0.1, 0.15) is 28.8 Å². The van der Waals surface area contributed by atoms with Crippen LogP contribution in [-0.4, -0.2) is 12.5 Å². The molecule has 0 spiro atoms. The molecule has 2 rings (SSSR count). The van der Waals surface area contributed by atoms with E-state index >= 15 is 0 Å². The fraction of sp³-hybridized carbons (Fsp3) is 0.267. The monoisotopic (exact) mass is 259 g/mol. The highest BCUT2D eigenvalue weighted by Crippen LogP contribution is 2.15. The molecule has 0 aliphatic carbocycles. The van der Waals surface area contributed by atoms with Crippen molar-refractivity contribution in [1.29, 1.82) is 0 Å². The molecule has 19 heavy (non-hydrogen) atoms. The zero-order chi connectivity index (χ0) is 13.7. The van der Waals surface area contributed by atoms with E-state index in [0.29, 0.717) is 24.7 Å². The summed E-state index contributed by atoms with van der Waals surface area (Å²) < 4.78 is 11.0. The molecule has 0 saturated heterocycles. The Morgan fingerprint density at radius 2 is 2.16 bits per heavy atom. The third-order valence-corrected chi connectivity index (χ3v) is 2.59. The van der Waals surface area contributed by atoms with Gasteiger partial charge >= 0.3 is 0 Å². The molecule has 2 aromatic rings. The van der Waals surface area contributed by atoms with Gasteiger partial charge in [0, 0.05) is 6.54 Å². The molecule has 0 bridgehead atoms. The first-order valence-electron chi connectivity index (χ1n) is 6.25. The molecule has 1 aromatic heterocycles. The molecule has 1 aromatic carbocycles. The molecule has 4 heteroatoms. The van der Waals surface area contributed by atoms with Crippen LogP contribution in [0.3, 0.4) is 0 Å². The van der Waals surface area contributed by atoms with Gasteiger partial charge in [0.2, 0.25) is 0 Å². The van der Waals surface area contributed by atoms with Crippen LogP contribution in [0.2, 0.25) is 0 Å². The molecule has 0 aliphatic rings. The molecule has 1 heterocycles. The van der Waals surface area contributed by atoms with Crippen molar-refractivity contribution < 1.29 is 13.9 Å². The number of hydrogen-bond acceptors (Lipinski definition) is 3. The van der Waals surface area contributed by atoms with E-state index in [2.05, 4.69) is 5.32 Å². The summed E-state index contributed by atoms with van der Waals surface area (Å²) in [7, 11) is 0. The summed E-state index contributed by atoms with van der Waals surface area (Å²) in [5, 5.41) is 2.68. The van der Waals surface area contributed by atoms with Gasteiger partial charge in [0.25, 0.3) is 5.91 Å². The summed E-state index contributed by atoms with van der Waals surface area (Å²) in [4.78, 5) is 11.5. The smallest absolute Gasteiger partial charge is 0.286 e. The standard InChI is InChI=1S/C15H17NO3/c1-3-16-15(17)14-8-7-13(19-14)10-18-12-6-4-5-11(2)9-12/h4-9H,3,10H2,1-2H3,(H,16,17). The first-order valence-corrected chi connectivity index (χ1v) is 6.25. The van der Waals surface area contributed by atoms with Crippen molar-refractivity contribution in [3.8, 4) is 5.75 Å². The van der Waals surface area contributed by atoms with Gasteiger partial charge in [-0.3, -0.25) is 4.79 Å². The maximum absolute atomic E-state index is 11.5. The number of nitrogens with one attached hydrogen (secondary N) is 1. The Hall–Kier alpha value is -2.23. The predicted molar refractivity (Wildman–Crippen MR) is 72.2 cm³/mol. The number of furan rings is 1. The second-order valence-electron chi connectivity index (χ2n) is 4.23. The molecule has 0 saturated carbocycles. The lowest BCUT2D eigenvalue weighted by atomic mass is 10.2. The van der Waals surface area contributed by atoms with Crippen LogP contribution in [0.15, 0.2) is 40.8 Å². The van der Waals surface area contributed by atoms with Gasteiger partial charge in [0.1, 0.15) is 18.1 Å². The van der Waals surface area contributed by atoms with E-state index in [9.17, 15) is 4.79 Å². The van der Waals surface area contributed by atoms with Crippen molar-refractivity contribution in [2.45, 2.75) is 20.5 Å². The Morgan fingerprint density at radius 3 is 2.89 bits per heavy atom. The molecule has 0 atom stereocenters. The maximum atomic E-state index is 11.5. The molecule has 1 N–H and O–H groups in total. The summed E-state index contributed by atoms with van der Waals surface area (Å²) in [6.07, 6.45) is 0. The molecule has 0 aliphatic heterocycles. The number of carbonyl (C=O) groups is 1. The average Bonchev–Trinajstić information content (AvgIpc) is 2.86. The van der Waals surface area contributed by atoms with E-state index in [1.807, 2.05) is 38.1 Å². The van der Waals surface area contributed by atoms with Crippen molar-refractivity contribution >= 4 is 5.91 Å². The topological polar surface area (TPSA) is 51.5 Å². The van der Waals surface area contributed by atoms with E-state index in [0.717, 1.165) is 11.3 Å². The van der Waals surface area contributed by atoms with E-state index < -0.39 is 0 Å². The Kier molecular flexibility index (Phi) is 4.23. The summed E-state index contributed by atoms with van der Waals surface area (Å²) >= 11 is 0. The number of aryl methyl sites for hydroxylation is 1. The summed E-state index contributed by atoms with van der Waals surface area (Å²) in [5.74, 6) is 1.52. The second-order valence-corrected chi connectivity index (χ2v) is 4.23. The quantitative estimate of drug-likeness (QED) is 0.898. The first kappa shape index (κ1) is 13.2. The van der Waals surface area contributed by atoms with Crippen LogP contribution >= 0.6 is 0 Å². The minimum Gasteiger partial charge on any atom is -0.486 e. The van der Waals surface area contributed by atoms with Crippen molar-refractivity contribution in [1.82, 2.24) is 5.32 Å². The van der Waals surface area contributed by atoms with Crippen molar-refractivity contribution in [3.63, 3.8) is 0 Å². The van der Waals surface area contributed by atoms with Crippen LogP contribution in [0.5, 0.6) is 5.75 Å². The number of carbonyl (C=O) groups excluding carboxylic acids is 1. The first-order chi connectivity index (χ1) is 9.19. The molecule has 100 valence electrons. The Bertz CT molecular complexity index is 560. The minimum absolute atomic E-state index is 0.204. The molecule has 0 unspecified atom stereocenters. The lowest BCUT2D eigenvalue weighted by Crippen LogP contribution is -2.21. The predicted octanol–water partition coefficient (Wildman–Crippen LogP) is 2.92. The lowest BCUT2D eigenvalue weighted by molar-refractivity contribution is 0.0924. The third kappa shape index (κ3) is 3.61. The highest BCUT2D eigenvalue weighted by atomic mass is 16.5. The Labute approximate surface area is 112 Å². The van der Waals surface area contributed by atoms with Crippen molar-refractivity contribution in [2.75, 3.05) is 6.54 Å². The van der Waals surface area contributed by atoms with Gasteiger partial charge in [-0.25, -0.2) is 0 Å². The van der Waals surface area contributed by atoms with Gasteiger partial charge in [-0.05, 0) is 43.7 Å². The fourth-order valence-electron chi connectivity index (χ4n) is 1.68. The zero-order valence-electron chi connectivity index (χ0n) is 11.1. The molecule has 0 radical (unpaired) electrons. The summed E-state index contributed by atoms with van der Waals surface area (Å²) in [5.41, 5.74) is 1.14. The van der Waals surface area contributed by atoms with Crippen LogP contribution in [0, 0.1) is 6.92 Å². The van der Waals surface area contributed by atoms with E-state index in [1.165, 1.54) is 0 Å². The van der Waals surface area contributed by atoms with E-state index in [-0.39, 0.29) is 5.91 Å². The largest absolute Gasteiger partial charge is 0.486 e. The van der Waals surface area contributed by atoms with Gasteiger partial charge in [-0.1, -0.05) is 12.1 Å². The van der Waals surface area contributed by atoms with Crippen LogP contribution in [0.4, 0.5) is 0 Å². The zero-order valence-corrected chi connectivity index (χ0v) is 11.1. The minimum atomic E-state index is -0.204. The normalized spacial score (nSPS) is 10.2. The van der Waals surface area contributed by atoms with Crippen LogP contribution in [-0.2, 0) is 6.61 Å². The van der Waals surface area contributed by atoms with Gasteiger partial charge in [-0.2, -0.15) is 0 Å². The molecular weight excluding hydrogens is 242 g/mol. The second kappa shape index (κ2) is 6.09. The number of hydrogen-bond donors (Lipinski definition) is 1. The number of rotatable bonds is 5. The SMILES string of the molecule is CCNC(=O)c1ccc(COc2cccc(C)c2)o1. The summed E-state index contributed by atoms with van der Waals surface area (Å²) in [6, 6.07) is 11.2. The third-order valence-electron chi connectivity index (χ3n) is 2.59. The number of amides is 1. The molecule has 1 amide bonds. The highest BCUT2D eigenvalue weighted by molar-refractivity contribution is 5.91. The Balaban J connectivity index is 1.95. The fourth-order valence-corrected chi connectivity index (χ4v) is 1.68. The van der Waals surface area contributed by atoms with Gasteiger partial charge in [-0.15, -0.1) is 0 Å². The van der Waals surface area contributed by atoms with Crippen molar-refractivity contribution in [2.24, 2.45) is 0 Å². The average molecular weight is 259 g/mol.